The number of rotatable bonds is 11. The van der Waals surface area contributed by atoms with Crippen LogP contribution in [0.4, 0.5) is 10.6 Å². The van der Waals surface area contributed by atoms with Crippen LogP contribution in [-0.2, 0) is 30.2 Å². The fourth-order valence-electron chi connectivity index (χ4n) is 6.13. The molecule has 14 nitrogen and oxygen atoms in total. The van der Waals surface area contributed by atoms with E-state index in [0.717, 1.165) is 31.2 Å². The van der Waals surface area contributed by atoms with Crippen molar-refractivity contribution in [1.29, 1.82) is 0 Å². The lowest BCUT2D eigenvalue weighted by Gasteiger charge is -2.27. The summed E-state index contributed by atoms with van der Waals surface area (Å²) in [7, 11) is 0. The highest BCUT2D eigenvalue weighted by Gasteiger charge is 2.57. The maximum atomic E-state index is 13.8. The van der Waals surface area contributed by atoms with Crippen molar-refractivity contribution in [2.45, 2.75) is 88.7 Å². The summed E-state index contributed by atoms with van der Waals surface area (Å²) in [5, 5.41) is 15.3. The van der Waals surface area contributed by atoms with E-state index in [-0.39, 0.29) is 5.82 Å². The predicted molar refractivity (Wildman–Crippen MR) is 156 cm³/mol. The second kappa shape index (κ2) is 13.2. The minimum Gasteiger partial charge on any atom is -0.480 e. The summed E-state index contributed by atoms with van der Waals surface area (Å²) in [5.74, 6) is -1.27. The fourth-order valence-corrected chi connectivity index (χ4v) is 6.13. The number of anilines is 1. The summed E-state index contributed by atoms with van der Waals surface area (Å²) in [5.41, 5.74) is 1.71. The Morgan fingerprint density at radius 2 is 1.84 bits per heavy atom. The second-order valence-electron chi connectivity index (χ2n) is 11.3. The molecule has 0 aliphatic carbocycles. The second-order valence-corrected chi connectivity index (χ2v) is 11.3. The van der Waals surface area contributed by atoms with Gasteiger partial charge in [0.2, 0.25) is 0 Å². The minimum absolute atomic E-state index is 0.230. The Kier molecular flexibility index (Phi) is 9.00. The number of imidazole rings is 1. The molecule has 3 amide bonds. The normalized spacial score (nSPS) is 26.2. The van der Waals surface area contributed by atoms with Gasteiger partial charge >= 0.3 is 12.0 Å². The number of nitrogens with zero attached hydrogens (tertiary/aromatic N) is 5. The van der Waals surface area contributed by atoms with E-state index in [4.69, 9.17) is 14.2 Å². The van der Waals surface area contributed by atoms with Gasteiger partial charge in [-0.25, -0.2) is 24.5 Å². The number of unbranched alkanes of at least 4 members (excludes halogenated alkanes) is 3. The van der Waals surface area contributed by atoms with Crippen LogP contribution in [0.2, 0.25) is 0 Å². The molecular formula is C30H37N7O7. The van der Waals surface area contributed by atoms with E-state index in [1.165, 1.54) is 17.6 Å². The molecule has 3 aliphatic rings. The number of carboxylic acids is 1. The van der Waals surface area contributed by atoms with E-state index in [0.29, 0.717) is 43.5 Å². The molecule has 1 aromatic carbocycles. The van der Waals surface area contributed by atoms with Crippen molar-refractivity contribution in [2.24, 2.45) is 0 Å². The van der Waals surface area contributed by atoms with Crippen LogP contribution in [-0.4, -0.2) is 91.2 Å². The standard InChI is InChI=1S/C30H37N7O7/c1-2-3-4-8-13-31-30(41)35-25-21-26(33-16-32-25)37(17-34-21)28-24-22(42-20(43-24)15-18-10-6-5-7-11-18)23(44-28)27(38)36-14-9-12-19(36)29(39)40/h5-7,10-11,16-17,19-20,22-24,28H,2-4,8-9,12-15H2,1H3,(H,39,40)(H2,31,32,33,35,41). The van der Waals surface area contributed by atoms with Crippen LogP contribution in [0, 0.1) is 0 Å². The van der Waals surface area contributed by atoms with Gasteiger partial charge in [0.1, 0.15) is 24.6 Å². The molecule has 234 valence electrons. The number of benzene rings is 1. The molecule has 5 heterocycles. The Morgan fingerprint density at radius 1 is 1.02 bits per heavy atom. The highest BCUT2D eigenvalue weighted by Crippen LogP contribution is 2.42. The molecule has 3 fully saturated rings. The van der Waals surface area contributed by atoms with Gasteiger partial charge in [-0.05, 0) is 24.8 Å². The summed E-state index contributed by atoms with van der Waals surface area (Å²) in [6, 6.07) is 8.41. The predicted octanol–water partition coefficient (Wildman–Crippen LogP) is 2.85. The Bertz CT molecular complexity index is 1480. The van der Waals surface area contributed by atoms with Crippen LogP contribution < -0.4 is 10.6 Å². The molecular weight excluding hydrogens is 570 g/mol. The first-order chi connectivity index (χ1) is 21.4. The average Bonchev–Trinajstić information content (AvgIpc) is 3.81. The van der Waals surface area contributed by atoms with Crippen molar-refractivity contribution in [1.82, 2.24) is 29.7 Å². The number of hydrogen-bond acceptors (Lipinski definition) is 9. The maximum absolute atomic E-state index is 13.8. The third-order valence-corrected chi connectivity index (χ3v) is 8.30. The summed E-state index contributed by atoms with van der Waals surface area (Å²) in [4.78, 5) is 52.6. The molecule has 0 radical (unpaired) electrons. The number of aliphatic carboxylic acids is 1. The van der Waals surface area contributed by atoms with E-state index >= 15 is 0 Å². The van der Waals surface area contributed by atoms with Gasteiger partial charge in [-0.3, -0.25) is 14.7 Å². The third-order valence-electron chi connectivity index (χ3n) is 8.30. The Hall–Kier alpha value is -4.14. The van der Waals surface area contributed by atoms with Gasteiger partial charge in [0, 0.05) is 19.5 Å². The van der Waals surface area contributed by atoms with Crippen LogP contribution in [0.15, 0.2) is 43.0 Å². The van der Waals surface area contributed by atoms with Crippen molar-refractivity contribution in [2.75, 3.05) is 18.4 Å². The zero-order chi connectivity index (χ0) is 30.6. The van der Waals surface area contributed by atoms with E-state index in [1.54, 1.807) is 4.57 Å². The molecule has 2 aromatic heterocycles. The lowest BCUT2D eigenvalue weighted by atomic mass is 10.1. The number of hydrogen-bond donors (Lipinski definition) is 3. The highest BCUT2D eigenvalue weighted by atomic mass is 16.8. The molecule has 6 atom stereocenters. The topological polar surface area (TPSA) is 170 Å². The Morgan fingerprint density at radius 3 is 2.64 bits per heavy atom. The zero-order valence-electron chi connectivity index (χ0n) is 24.5. The largest absolute Gasteiger partial charge is 0.480 e. The van der Waals surface area contributed by atoms with Gasteiger partial charge in [-0.2, -0.15) is 0 Å². The van der Waals surface area contributed by atoms with Gasteiger partial charge in [0.25, 0.3) is 5.91 Å². The van der Waals surface area contributed by atoms with Gasteiger partial charge in [0.05, 0.1) is 6.33 Å². The van der Waals surface area contributed by atoms with Crippen LogP contribution in [0.25, 0.3) is 11.2 Å². The zero-order valence-corrected chi connectivity index (χ0v) is 24.5. The van der Waals surface area contributed by atoms with Gasteiger partial charge < -0.3 is 29.5 Å². The number of amides is 3. The molecule has 6 unspecified atom stereocenters. The van der Waals surface area contributed by atoms with E-state index in [2.05, 4.69) is 32.5 Å². The summed E-state index contributed by atoms with van der Waals surface area (Å²) < 4.78 is 20.6. The molecule has 44 heavy (non-hydrogen) atoms. The first-order valence-electron chi connectivity index (χ1n) is 15.2. The molecule has 0 spiro atoms. The molecule has 0 bridgehead atoms. The molecule has 3 N–H and O–H groups in total. The SMILES string of the molecule is CCCCCCNC(=O)Nc1ncnc2c1ncn2C1OC(C(=O)N2CCCC2C(=O)O)C2OC(Cc3ccccc3)OC21. The number of carbonyl (C=O) groups excluding carboxylic acids is 2. The number of nitrogens with one attached hydrogen (secondary N) is 2. The van der Waals surface area contributed by atoms with Crippen LogP contribution >= 0.6 is 0 Å². The monoisotopic (exact) mass is 607 g/mol. The first kappa shape index (κ1) is 29.9. The lowest BCUT2D eigenvalue weighted by molar-refractivity contribution is -0.170. The molecule has 3 aromatic rings. The molecule has 0 saturated carbocycles. The van der Waals surface area contributed by atoms with E-state index < -0.39 is 54.8 Å². The van der Waals surface area contributed by atoms with Crippen molar-refractivity contribution in [3.8, 4) is 0 Å². The van der Waals surface area contributed by atoms with Crippen LogP contribution in [0.1, 0.15) is 57.2 Å². The summed E-state index contributed by atoms with van der Waals surface area (Å²) in [6.07, 6.45) is 4.30. The molecule has 14 heteroatoms. The van der Waals surface area contributed by atoms with Crippen LogP contribution in [0.3, 0.4) is 0 Å². The Balaban J connectivity index is 1.24. The van der Waals surface area contributed by atoms with Crippen molar-refractivity contribution in [3.05, 3.63) is 48.5 Å². The van der Waals surface area contributed by atoms with E-state index in [9.17, 15) is 19.5 Å². The van der Waals surface area contributed by atoms with Gasteiger partial charge in [-0.15, -0.1) is 0 Å². The van der Waals surface area contributed by atoms with Gasteiger partial charge in [-0.1, -0.05) is 56.5 Å². The fraction of sp³-hybridized carbons (Fsp3) is 0.533. The quantitative estimate of drug-likeness (QED) is 0.276. The van der Waals surface area contributed by atoms with Crippen LogP contribution in [0.5, 0.6) is 0 Å². The number of aromatic nitrogens is 4. The Labute approximate surface area is 254 Å². The number of carbonyl (C=O) groups is 3. The minimum atomic E-state index is -1.10. The average molecular weight is 608 g/mol. The summed E-state index contributed by atoms with van der Waals surface area (Å²) in [6.45, 7) is 3.00. The smallest absolute Gasteiger partial charge is 0.326 e. The number of ether oxygens (including phenoxy) is 3. The number of likely N-dealkylation sites (tertiary alicyclic amines) is 1. The maximum Gasteiger partial charge on any atom is 0.326 e. The van der Waals surface area contributed by atoms with E-state index in [1.807, 2.05) is 30.3 Å². The van der Waals surface area contributed by atoms with Gasteiger partial charge in [0.15, 0.2) is 35.6 Å². The number of urea groups is 1. The number of fused-ring (bicyclic) bond motifs is 2. The first-order valence-corrected chi connectivity index (χ1v) is 15.2. The lowest BCUT2D eigenvalue weighted by Crippen LogP contribution is -2.49. The molecule has 3 aliphatic heterocycles. The highest BCUT2D eigenvalue weighted by molar-refractivity contribution is 5.95. The van der Waals surface area contributed by atoms with Crippen molar-refractivity contribution < 1.29 is 33.7 Å². The van der Waals surface area contributed by atoms with Crippen molar-refractivity contribution >= 4 is 34.9 Å². The third kappa shape index (κ3) is 6.10. The summed E-state index contributed by atoms with van der Waals surface area (Å²) >= 11 is 0. The molecule has 3 saturated heterocycles. The number of carboxylic acid groups (broad SMARTS) is 1. The van der Waals surface area contributed by atoms with Crippen molar-refractivity contribution in [3.63, 3.8) is 0 Å². The molecule has 6 rings (SSSR count).